The minimum atomic E-state index is -1.97. The van der Waals surface area contributed by atoms with Gasteiger partial charge in [0.25, 0.3) is 0 Å². The second kappa shape index (κ2) is 18.1. The number of methoxy groups -OCH3 is 4. The van der Waals surface area contributed by atoms with Crippen LogP contribution in [0.1, 0.15) is 51.4 Å². The summed E-state index contributed by atoms with van der Waals surface area (Å²) in [6.45, 7) is 0. The van der Waals surface area contributed by atoms with Crippen LogP contribution in [0.25, 0.3) is 0 Å². The number of fused-ring (bicyclic) bond motifs is 2. The average molecular weight is 697 g/mol. The molecule has 0 saturated heterocycles. The molecular formula is C30H36F4O14. The number of carbonyl (C=O) groups excluding carboxylic acids is 6. The molecular weight excluding hydrogens is 660 g/mol. The molecule has 0 aromatic rings. The van der Waals surface area contributed by atoms with Crippen LogP contribution in [0.3, 0.4) is 0 Å². The highest BCUT2D eigenvalue weighted by Gasteiger charge is 2.78. The number of rotatable bonds is 10. The van der Waals surface area contributed by atoms with E-state index in [1.807, 2.05) is 0 Å². The summed E-state index contributed by atoms with van der Waals surface area (Å²) in [4.78, 5) is 84.5. The number of hydrogen-bond donors (Lipinski definition) is 2. The number of hydrogen-bond acceptors (Lipinski definition) is 12. The maximum atomic E-state index is 13.6. The second-order valence-electron chi connectivity index (χ2n) is 10.6. The molecule has 4 aliphatic carbocycles. The van der Waals surface area contributed by atoms with Gasteiger partial charge in [-0.2, -0.15) is 8.78 Å². The van der Waals surface area contributed by atoms with Crippen LogP contribution in [-0.2, 0) is 57.3 Å². The zero-order valence-corrected chi connectivity index (χ0v) is 26.4. The maximum Gasteiger partial charge on any atom is 0.366 e. The van der Waals surface area contributed by atoms with E-state index in [1.54, 1.807) is 0 Å². The SMILES string of the molecule is COC(=O)/C(F)=C/CCC(=O)O.COC(=O)/C(F)=C\CCC(=O)O.COC(=O)C1(F)C2CCC(=O)C21.COC(=O)C1(F)C2CCC(=O)C21. The van der Waals surface area contributed by atoms with E-state index in [0.717, 1.165) is 40.6 Å². The standard InChI is InChI=1S/2C8H9FO3.2C7H9FO4/c2*1-12-7(11)8(9)4-2-3-5(10)6(4)8;2*1-12-7(11)5(8)3-2-4-6(9)10/h2*4,6H,2-3H2,1H3;2*3H,2,4H2,1H3,(H,9,10)/b;;5-3+;5-3-. The zero-order valence-electron chi connectivity index (χ0n) is 26.4. The molecule has 18 heteroatoms. The third kappa shape index (κ3) is 10.2. The van der Waals surface area contributed by atoms with Crippen LogP contribution in [0.5, 0.6) is 0 Å². The molecule has 4 fully saturated rings. The number of alkyl halides is 2. The Balaban J connectivity index is 0.000000320. The Bertz CT molecular complexity index is 1240. The fraction of sp³-hybridized carbons (Fsp3) is 0.600. The molecule has 0 aliphatic heterocycles. The summed E-state index contributed by atoms with van der Waals surface area (Å²) in [6, 6.07) is 0. The van der Waals surface area contributed by atoms with Gasteiger partial charge in [-0.15, -0.1) is 0 Å². The van der Waals surface area contributed by atoms with Gasteiger partial charge in [-0.25, -0.2) is 28.0 Å². The topological polar surface area (TPSA) is 214 Å². The Kier molecular flexibility index (Phi) is 15.6. The molecule has 6 unspecified atom stereocenters. The molecule has 0 radical (unpaired) electrons. The van der Waals surface area contributed by atoms with E-state index < -0.39 is 82.5 Å². The largest absolute Gasteiger partial charge is 0.481 e. The van der Waals surface area contributed by atoms with Crippen LogP contribution in [0.2, 0.25) is 0 Å². The molecule has 0 amide bonds. The summed E-state index contributed by atoms with van der Waals surface area (Å²) >= 11 is 0. The first-order valence-electron chi connectivity index (χ1n) is 14.3. The van der Waals surface area contributed by atoms with Gasteiger partial charge >= 0.3 is 35.8 Å². The molecule has 2 N–H and O–H groups in total. The van der Waals surface area contributed by atoms with Crippen molar-refractivity contribution in [2.45, 2.75) is 62.7 Å². The molecule has 4 rings (SSSR count). The predicted octanol–water partition coefficient (Wildman–Crippen LogP) is 2.71. The molecule has 0 bridgehead atoms. The van der Waals surface area contributed by atoms with Crippen molar-refractivity contribution in [3.8, 4) is 0 Å². The van der Waals surface area contributed by atoms with Gasteiger partial charge in [0.15, 0.2) is 0 Å². The summed E-state index contributed by atoms with van der Waals surface area (Å²) < 4.78 is 68.7. The van der Waals surface area contributed by atoms with Crippen molar-refractivity contribution in [2.75, 3.05) is 28.4 Å². The number of carboxylic acids is 2. The Morgan fingerprint density at radius 2 is 0.979 bits per heavy atom. The molecule has 6 atom stereocenters. The first kappa shape index (κ1) is 41.4. The number of esters is 4. The number of allylic oxidation sites excluding steroid dienone is 2. The van der Waals surface area contributed by atoms with Crippen molar-refractivity contribution >= 4 is 47.4 Å². The van der Waals surface area contributed by atoms with E-state index in [4.69, 9.17) is 10.2 Å². The lowest BCUT2D eigenvalue weighted by atomic mass is 10.1. The molecule has 4 aliphatic rings. The number of ether oxygens (including phenoxy) is 4. The van der Waals surface area contributed by atoms with E-state index >= 15 is 0 Å². The molecule has 4 saturated carbocycles. The third-order valence-electron chi connectivity index (χ3n) is 7.79. The van der Waals surface area contributed by atoms with Gasteiger partial charge in [-0.1, -0.05) is 0 Å². The highest BCUT2D eigenvalue weighted by atomic mass is 19.2. The Morgan fingerprint density at radius 3 is 1.19 bits per heavy atom. The molecule has 48 heavy (non-hydrogen) atoms. The minimum absolute atomic E-state index is 0.0176. The minimum Gasteiger partial charge on any atom is -0.481 e. The molecule has 0 aromatic heterocycles. The van der Waals surface area contributed by atoms with Crippen LogP contribution < -0.4 is 0 Å². The summed E-state index contributed by atoms with van der Waals surface area (Å²) in [5.41, 5.74) is -3.94. The first-order valence-corrected chi connectivity index (χ1v) is 14.3. The van der Waals surface area contributed by atoms with E-state index in [9.17, 15) is 55.9 Å². The van der Waals surface area contributed by atoms with Crippen molar-refractivity contribution < 1.29 is 85.1 Å². The van der Waals surface area contributed by atoms with Crippen molar-refractivity contribution in [2.24, 2.45) is 23.7 Å². The smallest absolute Gasteiger partial charge is 0.366 e. The number of aliphatic carboxylic acids is 2. The summed E-state index contributed by atoms with van der Waals surface area (Å²) in [6.07, 6.45) is 3.15. The van der Waals surface area contributed by atoms with Gasteiger partial charge in [0.1, 0.15) is 11.6 Å². The average Bonchev–Trinajstić information content (AvgIpc) is 3.66. The molecule has 268 valence electrons. The second-order valence-corrected chi connectivity index (χ2v) is 10.6. The van der Waals surface area contributed by atoms with E-state index in [0.29, 0.717) is 25.7 Å². The number of halogens is 4. The Labute approximate surface area is 271 Å². The van der Waals surface area contributed by atoms with Crippen molar-refractivity contribution in [3.63, 3.8) is 0 Å². The normalized spacial score (nSPS) is 27.5. The van der Waals surface area contributed by atoms with Gasteiger partial charge in [0.2, 0.25) is 23.0 Å². The zero-order chi connectivity index (χ0) is 37.0. The maximum absolute atomic E-state index is 13.6. The van der Waals surface area contributed by atoms with E-state index in [1.165, 1.54) is 0 Å². The number of Topliss-reactive ketones (excluding diaryl/α,β-unsaturated/α-hetero) is 2. The summed E-state index contributed by atoms with van der Waals surface area (Å²) in [7, 11) is 4.38. The predicted molar refractivity (Wildman–Crippen MR) is 150 cm³/mol. The monoisotopic (exact) mass is 696 g/mol. The quantitative estimate of drug-likeness (QED) is 0.145. The molecule has 0 heterocycles. The van der Waals surface area contributed by atoms with Crippen LogP contribution in [0, 0.1) is 23.7 Å². The Morgan fingerprint density at radius 1 is 0.667 bits per heavy atom. The first-order chi connectivity index (χ1) is 22.4. The van der Waals surface area contributed by atoms with Crippen molar-refractivity contribution in [3.05, 3.63) is 23.8 Å². The lowest BCUT2D eigenvalue weighted by Crippen LogP contribution is -2.26. The molecule has 14 nitrogen and oxygen atoms in total. The van der Waals surface area contributed by atoms with Crippen LogP contribution in [0.4, 0.5) is 17.6 Å². The van der Waals surface area contributed by atoms with Gasteiger partial charge < -0.3 is 29.2 Å². The van der Waals surface area contributed by atoms with E-state index in [2.05, 4.69) is 18.9 Å². The highest BCUT2D eigenvalue weighted by Crippen LogP contribution is 2.62. The number of carboxylic acid groups (broad SMARTS) is 2. The van der Waals surface area contributed by atoms with Gasteiger partial charge in [-0.3, -0.25) is 19.2 Å². The fourth-order valence-corrected chi connectivity index (χ4v) is 5.30. The van der Waals surface area contributed by atoms with Gasteiger partial charge in [0.05, 0.1) is 40.3 Å². The molecule has 0 aromatic carbocycles. The van der Waals surface area contributed by atoms with Gasteiger partial charge in [-0.05, 0) is 37.8 Å². The number of carbonyl (C=O) groups is 8. The van der Waals surface area contributed by atoms with Crippen LogP contribution >= 0.6 is 0 Å². The lowest BCUT2D eigenvalue weighted by molar-refractivity contribution is -0.151. The van der Waals surface area contributed by atoms with Crippen molar-refractivity contribution in [1.29, 1.82) is 0 Å². The third-order valence-corrected chi connectivity index (χ3v) is 7.79. The summed E-state index contributed by atoms with van der Waals surface area (Å²) in [5, 5.41) is 16.3. The highest BCUT2D eigenvalue weighted by molar-refractivity contribution is 6.00. The van der Waals surface area contributed by atoms with E-state index in [-0.39, 0.29) is 37.2 Å². The number of ketones is 2. The molecule has 0 spiro atoms. The van der Waals surface area contributed by atoms with Crippen LogP contribution in [-0.4, -0.2) is 97.4 Å². The lowest BCUT2D eigenvalue weighted by Gasteiger charge is -2.06. The fourth-order valence-electron chi connectivity index (χ4n) is 5.30. The van der Waals surface area contributed by atoms with Gasteiger partial charge in [0, 0.05) is 37.5 Å². The van der Waals surface area contributed by atoms with Crippen molar-refractivity contribution in [1.82, 2.24) is 0 Å². The Hall–Kier alpha value is -4.64. The van der Waals surface area contributed by atoms with Crippen LogP contribution in [0.15, 0.2) is 23.8 Å². The summed E-state index contributed by atoms with van der Waals surface area (Å²) in [5.74, 6) is -10.5.